The zero-order valence-corrected chi connectivity index (χ0v) is 9.77. The molecule has 0 heterocycles. The van der Waals surface area contributed by atoms with Crippen LogP contribution in [0.1, 0.15) is 10.4 Å². The number of hydrogen-bond acceptors (Lipinski definition) is 4. The number of nitro groups is 1. The summed E-state index contributed by atoms with van der Waals surface area (Å²) in [5.74, 6) is -0.918. The average Bonchev–Trinajstić information content (AvgIpc) is 2.24. The van der Waals surface area contributed by atoms with Crippen molar-refractivity contribution in [2.75, 3.05) is 19.3 Å². The quantitative estimate of drug-likeness (QED) is 0.518. The Hall–Kier alpha value is -2.32. The van der Waals surface area contributed by atoms with Gasteiger partial charge in [0, 0.05) is 18.7 Å². The zero-order valence-electron chi connectivity index (χ0n) is 9.77. The van der Waals surface area contributed by atoms with Crippen LogP contribution >= 0.6 is 0 Å². The molecule has 0 aliphatic rings. The SMILES string of the molecule is CN(CC(F)(F)F)C(=O)c1ccc([N+](=O)[O-])c(N)c1. The first-order valence-corrected chi connectivity index (χ1v) is 4.98. The van der Waals surface area contributed by atoms with Crippen LogP contribution in [-0.4, -0.2) is 35.5 Å². The van der Waals surface area contributed by atoms with Crippen LogP contribution in [0.25, 0.3) is 0 Å². The van der Waals surface area contributed by atoms with Crippen LogP contribution in [0.4, 0.5) is 24.5 Å². The molecule has 0 fully saturated rings. The van der Waals surface area contributed by atoms with Gasteiger partial charge in [0.05, 0.1) is 4.92 Å². The molecule has 0 bridgehead atoms. The van der Waals surface area contributed by atoms with E-state index < -0.39 is 29.2 Å². The maximum Gasteiger partial charge on any atom is 0.406 e. The number of nitrogen functional groups attached to an aromatic ring is 1. The molecule has 0 aliphatic heterocycles. The van der Waals surface area contributed by atoms with Gasteiger partial charge < -0.3 is 10.6 Å². The fraction of sp³-hybridized carbons (Fsp3) is 0.300. The molecular formula is C10H10F3N3O3. The smallest absolute Gasteiger partial charge is 0.393 e. The predicted molar refractivity (Wildman–Crippen MR) is 60.5 cm³/mol. The average molecular weight is 277 g/mol. The molecule has 0 atom stereocenters. The Labute approximate surface area is 105 Å². The van der Waals surface area contributed by atoms with E-state index in [0.717, 1.165) is 25.2 Å². The number of nitrogens with two attached hydrogens (primary N) is 1. The third-order valence-electron chi connectivity index (χ3n) is 2.23. The van der Waals surface area contributed by atoms with Gasteiger partial charge in [-0.1, -0.05) is 0 Å². The van der Waals surface area contributed by atoms with Crippen molar-refractivity contribution in [3.8, 4) is 0 Å². The molecule has 104 valence electrons. The number of hydrogen-bond donors (Lipinski definition) is 1. The lowest BCUT2D eigenvalue weighted by Crippen LogP contribution is -2.35. The fourth-order valence-corrected chi connectivity index (χ4v) is 1.41. The van der Waals surface area contributed by atoms with Gasteiger partial charge in [-0.2, -0.15) is 13.2 Å². The lowest BCUT2D eigenvalue weighted by Gasteiger charge is -2.19. The van der Waals surface area contributed by atoms with Crippen LogP contribution < -0.4 is 5.73 Å². The molecule has 1 aromatic rings. The number of alkyl halides is 3. The molecule has 1 amide bonds. The summed E-state index contributed by atoms with van der Waals surface area (Å²) in [6, 6.07) is 3.01. The van der Waals surface area contributed by atoms with Crippen molar-refractivity contribution < 1.29 is 22.9 Å². The van der Waals surface area contributed by atoms with Gasteiger partial charge in [-0.15, -0.1) is 0 Å². The van der Waals surface area contributed by atoms with E-state index in [1.165, 1.54) is 0 Å². The summed E-state index contributed by atoms with van der Waals surface area (Å²) in [7, 11) is 0.980. The molecule has 0 aromatic heterocycles. The van der Waals surface area contributed by atoms with E-state index in [9.17, 15) is 28.1 Å². The summed E-state index contributed by atoms with van der Waals surface area (Å²) in [6.45, 7) is -1.41. The third kappa shape index (κ3) is 3.83. The highest BCUT2D eigenvalue weighted by molar-refractivity contribution is 5.95. The van der Waals surface area contributed by atoms with Gasteiger partial charge in [0.1, 0.15) is 12.2 Å². The molecule has 1 aromatic carbocycles. The maximum atomic E-state index is 12.1. The Bertz CT molecular complexity index is 516. The van der Waals surface area contributed by atoms with Crippen molar-refractivity contribution in [1.82, 2.24) is 4.90 Å². The van der Waals surface area contributed by atoms with Gasteiger partial charge in [-0.05, 0) is 12.1 Å². The van der Waals surface area contributed by atoms with Crippen LogP contribution in [-0.2, 0) is 0 Å². The molecule has 0 aliphatic carbocycles. The van der Waals surface area contributed by atoms with E-state index in [1.54, 1.807) is 0 Å². The normalized spacial score (nSPS) is 11.2. The minimum absolute atomic E-state index is 0.144. The third-order valence-corrected chi connectivity index (χ3v) is 2.23. The first-order valence-electron chi connectivity index (χ1n) is 4.98. The fourth-order valence-electron chi connectivity index (χ4n) is 1.41. The van der Waals surface area contributed by atoms with Crippen LogP contribution in [0.3, 0.4) is 0 Å². The molecular weight excluding hydrogens is 267 g/mol. The van der Waals surface area contributed by atoms with E-state index in [4.69, 9.17) is 5.73 Å². The number of benzene rings is 1. The zero-order chi connectivity index (χ0) is 14.8. The number of nitrogens with zero attached hydrogens (tertiary/aromatic N) is 2. The summed E-state index contributed by atoms with van der Waals surface area (Å²) in [5.41, 5.74) is 4.52. The second-order valence-electron chi connectivity index (χ2n) is 3.81. The lowest BCUT2D eigenvalue weighted by molar-refractivity contribution is -0.383. The molecule has 1 rings (SSSR count). The first-order chi connectivity index (χ1) is 8.61. The van der Waals surface area contributed by atoms with Crippen molar-refractivity contribution in [2.24, 2.45) is 0 Å². The van der Waals surface area contributed by atoms with E-state index >= 15 is 0 Å². The number of nitro benzene ring substituents is 1. The molecule has 19 heavy (non-hydrogen) atoms. The minimum atomic E-state index is -4.52. The number of rotatable bonds is 3. The number of anilines is 1. The molecule has 0 saturated heterocycles. The largest absolute Gasteiger partial charge is 0.406 e. The van der Waals surface area contributed by atoms with E-state index in [2.05, 4.69) is 0 Å². The van der Waals surface area contributed by atoms with Gasteiger partial charge in [0.25, 0.3) is 11.6 Å². The molecule has 6 nitrogen and oxygen atoms in total. The second kappa shape index (κ2) is 5.12. The summed E-state index contributed by atoms with van der Waals surface area (Å²) >= 11 is 0. The highest BCUT2D eigenvalue weighted by Gasteiger charge is 2.31. The molecule has 2 N–H and O–H groups in total. The minimum Gasteiger partial charge on any atom is -0.393 e. The molecule has 9 heteroatoms. The lowest BCUT2D eigenvalue weighted by atomic mass is 10.1. The van der Waals surface area contributed by atoms with Gasteiger partial charge in [0.15, 0.2) is 0 Å². The number of halogens is 3. The van der Waals surface area contributed by atoms with Gasteiger partial charge in [0.2, 0.25) is 0 Å². The van der Waals surface area contributed by atoms with Crippen molar-refractivity contribution in [1.29, 1.82) is 0 Å². The summed E-state index contributed by atoms with van der Waals surface area (Å²) < 4.78 is 36.4. The van der Waals surface area contributed by atoms with E-state index in [1.807, 2.05) is 0 Å². The standard InChI is InChI=1S/C10H10F3N3O3/c1-15(5-10(11,12)13)9(17)6-2-3-8(16(18)19)7(14)4-6/h2-4H,5,14H2,1H3. The van der Waals surface area contributed by atoms with Crippen molar-refractivity contribution >= 4 is 17.3 Å². The van der Waals surface area contributed by atoms with Gasteiger partial charge in [-0.3, -0.25) is 14.9 Å². The summed E-state index contributed by atoms with van der Waals surface area (Å²) in [5, 5.41) is 10.5. The Kier molecular flexibility index (Phi) is 3.98. The summed E-state index contributed by atoms with van der Waals surface area (Å²) in [4.78, 5) is 21.9. The number of amides is 1. The molecule has 0 unspecified atom stereocenters. The Balaban J connectivity index is 2.95. The molecule has 0 radical (unpaired) electrons. The Morgan fingerprint density at radius 1 is 1.47 bits per heavy atom. The van der Waals surface area contributed by atoms with Crippen LogP contribution in [0, 0.1) is 10.1 Å². The van der Waals surface area contributed by atoms with Crippen LogP contribution in [0.2, 0.25) is 0 Å². The van der Waals surface area contributed by atoms with Crippen LogP contribution in [0.5, 0.6) is 0 Å². The van der Waals surface area contributed by atoms with Gasteiger partial charge in [-0.25, -0.2) is 0 Å². The van der Waals surface area contributed by atoms with Crippen LogP contribution in [0.15, 0.2) is 18.2 Å². The highest BCUT2D eigenvalue weighted by atomic mass is 19.4. The van der Waals surface area contributed by atoms with Crippen molar-refractivity contribution in [3.63, 3.8) is 0 Å². The predicted octanol–water partition coefficient (Wildman–Crippen LogP) is 1.81. The monoisotopic (exact) mass is 277 g/mol. The number of carbonyl (C=O) groups excluding carboxylic acids is 1. The second-order valence-corrected chi connectivity index (χ2v) is 3.81. The van der Waals surface area contributed by atoms with Crippen molar-refractivity contribution in [3.05, 3.63) is 33.9 Å². The van der Waals surface area contributed by atoms with Crippen molar-refractivity contribution in [2.45, 2.75) is 6.18 Å². The number of carbonyl (C=O) groups is 1. The Morgan fingerprint density at radius 2 is 2.05 bits per heavy atom. The summed E-state index contributed by atoms with van der Waals surface area (Å²) in [6.07, 6.45) is -4.52. The van der Waals surface area contributed by atoms with E-state index in [-0.39, 0.29) is 11.3 Å². The first kappa shape index (κ1) is 14.7. The van der Waals surface area contributed by atoms with E-state index in [0.29, 0.717) is 4.90 Å². The molecule has 0 spiro atoms. The molecule has 0 saturated carbocycles. The maximum absolute atomic E-state index is 12.1. The highest BCUT2D eigenvalue weighted by Crippen LogP contribution is 2.23. The topological polar surface area (TPSA) is 89.5 Å². The van der Waals surface area contributed by atoms with Gasteiger partial charge >= 0.3 is 6.18 Å². The Morgan fingerprint density at radius 3 is 2.47 bits per heavy atom.